The fourth-order valence-electron chi connectivity index (χ4n) is 3.92. The number of aromatic hydroxyl groups is 2. The Morgan fingerprint density at radius 1 is 1.00 bits per heavy atom. The van der Waals surface area contributed by atoms with E-state index in [1.165, 1.54) is 0 Å². The molecule has 0 saturated carbocycles. The zero-order valence-electron chi connectivity index (χ0n) is 18.8. The van der Waals surface area contributed by atoms with Crippen LogP contribution in [0.25, 0.3) is 10.8 Å². The number of phenols is 2. The van der Waals surface area contributed by atoms with Crippen molar-refractivity contribution in [2.45, 2.75) is 65.1 Å². The molecule has 0 aliphatic carbocycles. The summed E-state index contributed by atoms with van der Waals surface area (Å²) in [6, 6.07) is 14.6. The van der Waals surface area contributed by atoms with Crippen LogP contribution in [-0.4, -0.2) is 27.2 Å². The maximum atomic E-state index is 12.1. The maximum Gasteiger partial charge on any atom is 0.161 e. The summed E-state index contributed by atoms with van der Waals surface area (Å²) in [7, 11) is 0. The van der Waals surface area contributed by atoms with E-state index in [0.717, 1.165) is 40.3 Å². The second kappa shape index (κ2) is 11.0. The topological polar surface area (TPSA) is 87.0 Å². The summed E-state index contributed by atoms with van der Waals surface area (Å²) in [6.45, 7) is 4.33. The van der Waals surface area contributed by atoms with Gasteiger partial charge in [0.2, 0.25) is 0 Å². The lowest BCUT2D eigenvalue weighted by atomic mass is 10.00. The van der Waals surface area contributed by atoms with E-state index in [9.17, 15) is 20.1 Å². The first-order valence-corrected chi connectivity index (χ1v) is 11.3. The van der Waals surface area contributed by atoms with E-state index in [4.69, 9.17) is 4.74 Å². The standard InChI is InChI=1S/C27H32O5/c1-3-5-22(28)16-23(29)10-7-18-8-11-26(31)27(13-18)32-17-19-6-9-21-15-24(30)14-20(4-2)25(21)12-19/h6,8-9,11-15,22,28,30-31H,3-5,7,10,16-17H2,1-2H3/t22-/m1/s1. The molecule has 0 spiro atoms. The maximum absolute atomic E-state index is 12.1. The van der Waals surface area contributed by atoms with Crippen molar-refractivity contribution in [1.29, 1.82) is 0 Å². The number of hydrogen-bond donors (Lipinski definition) is 3. The molecule has 3 rings (SSSR count). The Hall–Kier alpha value is -3.05. The molecule has 3 aromatic carbocycles. The van der Waals surface area contributed by atoms with Crippen molar-refractivity contribution in [1.82, 2.24) is 0 Å². The second-order valence-electron chi connectivity index (χ2n) is 8.29. The molecule has 0 aliphatic heterocycles. The molecule has 5 heteroatoms. The van der Waals surface area contributed by atoms with Gasteiger partial charge in [-0.2, -0.15) is 0 Å². The van der Waals surface area contributed by atoms with Gasteiger partial charge < -0.3 is 20.1 Å². The van der Waals surface area contributed by atoms with Gasteiger partial charge in [-0.1, -0.05) is 38.5 Å². The molecule has 0 aliphatic rings. The van der Waals surface area contributed by atoms with Gasteiger partial charge in [-0.15, -0.1) is 0 Å². The van der Waals surface area contributed by atoms with E-state index in [1.807, 2.05) is 19.1 Å². The normalized spacial score (nSPS) is 12.1. The predicted octanol–water partition coefficient (Wildman–Crippen LogP) is 5.45. The van der Waals surface area contributed by atoms with Gasteiger partial charge in [0.1, 0.15) is 18.1 Å². The van der Waals surface area contributed by atoms with Crippen LogP contribution in [0.4, 0.5) is 0 Å². The van der Waals surface area contributed by atoms with Crippen LogP contribution in [0, 0.1) is 0 Å². The molecule has 0 unspecified atom stereocenters. The first-order chi connectivity index (χ1) is 15.4. The highest BCUT2D eigenvalue weighted by Crippen LogP contribution is 2.30. The van der Waals surface area contributed by atoms with Gasteiger partial charge in [-0.05, 0) is 77.1 Å². The average molecular weight is 437 g/mol. The first kappa shape index (κ1) is 23.6. The molecular formula is C27H32O5. The van der Waals surface area contributed by atoms with Crippen molar-refractivity contribution in [3.05, 3.63) is 65.2 Å². The van der Waals surface area contributed by atoms with Gasteiger partial charge in [-0.25, -0.2) is 0 Å². The van der Waals surface area contributed by atoms with Crippen LogP contribution in [-0.2, 0) is 24.2 Å². The number of hydrogen-bond acceptors (Lipinski definition) is 5. The van der Waals surface area contributed by atoms with Gasteiger partial charge in [0.05, 0.1) is 6.10 Å². The van der Waals surface area contributed by atoms with Crippen molar-refractivity contribution < 1.29 is 24.9 Å². The first-order valence-electron chi connectivity index (χ1n) is 11.3. The number of Topliss-reactive ketones (excluding diaryl/α,β-unsaturated/α-hetero) is 1. The number of fused-ring (bicyclic) bond motifs is 1. The number of carbonyl (C=O) groups is 1. The minimum Gasteiger partial charge on any atom is -0.508 e. The van der Waals surface area contributed by atoms with Crippen LogP contribution in [0.1, 0.15) is 56.2 Å². The van der Waals surface area contributed by atoms with Gasteiger partial charge in [0.15, 0.2) is 11.5 Å². The summed E-state index contributed by atoms with van der Waals surface area (Å²) in [6.07, 6.45) is 2.81. The second-order valence-corrected chi connectivity index (χ2v) is 8.29. The van der Waals surface area contributed by atoms with Crippen LogP contribution in [0.15, 0.2) is 48.5 Å². The SMILES string of the molecule is CCC[C@@H](O)CC(=O)CCc1ccc(O)c(OCc2ccc3cc(O)cc(CC)c3c2)c1. The number of rotatable bonds is 11. The Morgan fingerprint density at radius 3 is 2.53 bits per heavy atom. The number of carbonyl (C=O) groups excluding carboxylic acids is 1. The van der Waals surface area contributed by atoms with E-state index < -0.39 is 6.10 Å². The molecule has 1 atom stereocenters. The summed E-state index contributed by atoms with van der Waals surface area (Å²) in [4.78, 5) is 12.1. The van der Waals surface area contributed by atoms with Gasteiger partial charge in [0.25, 0.3) is 0 Å². The van der Waals surface area contributed by atoms with Crippen molar-refractivity contribution >= 4 is 16.6 Å². The van der Waals surface area contributed by atoms with Crippen molar-refractivity contribution in [3.63, 3.8) is 0 Å². The lowest BCUT2D eigenvalue weighted by molar-refractivity contribution is -0.121. The summed E-state index contributed by atoms with van der Waals surface area (Å²) < 4.78 is 5.89. The highest BCUT2D eigenvalue weighted by molar-refractivity contribution is 5.87. The third-order valence-electron chi connectivity index (χ3n) is 5.67. The summed E-state index contributed by atoms with van der Waals surface area (Å²) in [5.74, 6) is 0.731. The summed E-state index contributed by atoms with van der Waals surface area (Å²) in [5, 5.41) is 31.9. The largest absolute Gasteiger partial charge is 0.508 e. The smallest absolute Gasteiger partial charge is 0.161 e. The minimum atomic E-state index is -0.564. The van der Waals surface area contributed by atoms with E-state index >= 15 is 0 Å². The van der Waals surface area contributed by atoms with E-state index in [2.05, 4.69) is 13.0 Å². The molecule has 0 heterocycles. The number of ether oxygens (including phenoxy) is 1. The minimum absolute atomic E-state index is 0.0374. The third-order valence-corrected chi connectivity index (χ3v) is 5.67. The lowest BCUT2D eigenvalue weighted by Gasteiger charge is -2.12. The van der Waals surface area contributed by atoms with Crippen molar-refractivity contribution in [3.8, 4) is 17.2 Å². The van der Waals surface area contributed by atoms with Crippen LogP contribution in [0.3, 0.4) is 0 Å². The van der Waals surface area contributed by atoms with Crippen LogP contribution < -0.4 is 4.74 Å². The average Bonchev–Trinajstić information content (AvgIpc) is 2.77. The highest BCUT2D eigenvalue weighted by atomic mass is 16.5. The van der Waals surface area contributed by atoms with Crippen LogP contribution in [0.2, 0.25) is 0 Å². The van der Waals surface area contributed by atoms with Gasteiger partial charge in [-0.3, -0.25) is 4.79 Å². The predicted molar refractivity (Wildman–Crippen MR) is 126 cm³/mol. The molecule has 170 valence electrons. The Balaban J connectivity index is 1.65. The number of ketones is 1. The Kier molecular flexibility index (Phi) is 8.12. The molecule has 0 amide bonds. The van der Waals surface area contributed by atoms with Gasteiger partial charge >= 0.3 is 0 Å². The lowest BCUT2D eigenvalue weighted by Crippen LogP contribution is -2.13. The van der Waals surface area contributed by atoms with Crippen LogP contribution in [0.5, 0.6) is 17.2 Å². The highest BCUT2D eigenvalue weighted by Gasteiger charge is 2.12. The third kappa shape index (κ3) is 6.24. The monoisotopic (exact) mass is 436 g/mol. The fraction of sp³-hybridized carbons (Fsp3) is 0.370. The van der Waals surface area contributed by atoms with E-state index in [0.29, 0.717) is 31.6 Å². The molecule has 0 bridgehead atoms. The zero-order valence-corrected chi connectivity index (χ0v) is 18.8. The number of aliphatic hydroxyl groups is 1. The molecule has 5 nitrogen and oxygen atoms in total. The number of phenolic OH excluding ortho intramolecular Hbond substituents is 2. The molecule has 0 fully saturated rings. The quantitative estimate of drug-likeness (QED) is 0.372. The fourth-order valence-corrected chi connectivity index (χ4v) is 3.92. The molecular weight excluding hydrogens is 404 g/mol. The Labute approximate surface area is 189 Å². The van der Waals surface area contributed by atoms with Crippen LogP contribution >= 0.6 is 0 Å². The summed E-state index contributed by atoms with van der Waals surface area (Å²) in [5.41, 5.74) is 2.93. The summed E-state index contributed by atoms with van der Waals surface area (Å²) >= 11 is 0. The number of aryl methyl sites for hydroxylation is 2. The van der Waals surface area contributed by atoms with Crippen molar-refractivity contribution in [2.24, 2.45) is 0 Å². The van der Waals surface area contributed by atoms with Gasteiger partial charge in [0, 0.05) is 12.8 Å². The molecule has 0 saturated heterocycles. The molecule has 0 aromatic heterocycles. The molecule has 3 N–H and O–H groups in total. The van der Waals surface area contributed by atoms with E-state index in [-0.39, 0.29) is 23.7 Å². The Morgan fingerprint density at radius 2 is 1.78 bits per heavy atom. The number of aliphatic hydroxyl groups excluding tert-OH is 1. The van der Waals surface area contributed by atoms with Crippen molar-refractivity contribution in [2.75, 3.05) is 0 Å². The van der Waals surface area contributed by atoms with E-state index in [1.54, 1.807) is 30.3 Å². The molecule has 3 aromatic rings. The molecule has 32 heavy (non-hydrogen) atoms. The number of benzene rings is 3. The molecule has 0 radical (unpaired) electrons. The zero-order chi connectivity index (χ0) is 23.1. The Bertz CT molecular complexity index is 1070.